The maximum atomic E-state index is 11.3. The third-order valence-corrected chi connectivity index (χ3v) is 3.87. The molecule has 1 aliphatic rings. The molecule has 0 saturated carbocycles. The molecule has 1 unspecified atom stereocenters. The van der Waals surface area contributed by atoms with E-state index in [4.69, 9.17) is 9.47 Å². The maximum Gasteiger partial charge on any atom is 0.158 e. The third kappa shape index (κ3) is 2.49. The van der Waals surface area contributed by atoms with Gasteiger partial charge in [-0.05, 0) is 49.4 Å². The van der Waals surface area contributed by atoms with Gasteiger partial charge in [0.1, 0.15) is 6.29 Å². The van der Waals surface area contributed by atoms with E-state index in [0.29, 0.717) is 12.2 Å². The van der Waals surface area contributed by atoms with E-state index in [0.717, 1.165) is 54.2 Å². The van der Waals surface area contributed by atoms with Crippen LogP contribution in [0.15, 0.2) is 18.3 Å². The van der Waals surface area contributed by atoms with E-state index in [1.807, 2.05) is 25.3 Å². The Bertz CT molecular complexity index is 611. The van der Waals surface area contributed by atoms with Crippen LogP contribution in [-0.4, -0.2) is 24.2 Å². The number of rotatable bonds is 4. The number of H-pyrrole nitrogens is 1. The molecule has 20 heavy (non-hydrogen) atoms. The Hall–Kier alpha value is -1.65. The van der Waals surface area contributed by atoms with Crippen LogP contribution in [0.3, 0.4) is 0 Å². The van der Waals surface area contributed by atoms with Gasteiger partial charge in [-0.3, -0.25) is 4.79 Å². The summed E-state index contributed by atoms with van der Waals surface area (Å²) in [5.74, 6) is 0. The molecular weight excluding hydrogens is 254 g/mol. The molecule has 3 rings (SSSR count). The number of aromatic nitrogens is 1. The highest BCUT2D eigenvalue weighted by Gasteiger charge is 2.17. The number of nitrogens with one attached hydrogen (secondary N) is 1. The lowest BCUT2D eigenvalue weighted by molar-refractivity contribution is -0.168. The van der Waals surface area contributed by atoms with E-state index in [9.17, 15) is 4.79 Å². The van der Waals surface area contributed by atoms with E-state index < -0.39 is 0 Å². The molecule has 1 fully saturated rings. The fourth-order valence-corrected chi connectivity index (χ4v) is 2.78. The molecule has 2 heterocycles. The van der Waals surface area contributed by atoms with Crippen molar-refractivity contribution in [2.75, 3.05) is 6.61 Å². The van der Waals surface area contributed by atoms with E-state index >= 15 is 0 Å². The van der Waals surface area contributed by atoms with Gasteiger partial charge in [0.25, 0.3) is 0 Å². The minimum absolute atomic E-state index is 0.140. The first-order chi connectivity index (χ1) is 9.79. The minimum atomic E-state index is -0.140. The second-order valence-electron chi connectivity index (χ2n) is 5.25. The van der Waals surface area contributed by atoms with Crippen molar-refractivity contribution in [2.45, 2.75) is 39.1 Å². The van der Waals surface area contributed by atoms with Crippen LogP contribution in [0.4, 0.5) is 0 Å². The number of aldehydes is 1. The van der Waals surface area contributed by atoms with Crippen molar-refractivity contribution >= 4 is 17.2 Å². The van der Waals surface area contributed by atoms with E-state index in [1.54, 1.807) is 0 Å². The van der Waals surface area contributed by atoms with Crippen LogP contribution in [0.25, 0.3) is 10.9 Å². The van der Waals surface area contributed by atoms with Crippen molar-refractivity contribution in [1.82, 2.24) is 4.98 Å². The highest BCUT2D eigenvalue weighted by atomic mass is 16.7. The summed E-state index contributed by atoms with van der Waals surface area (Å²) in [5, 5.41) is 1.06. The third-order valence-electron chi connectivity index (χ3n) is 3.87. The van der Waals surface area contributed by atoms with Gasteiger partial charge in [0.15, 0.2) is 6.29 Å². The second kappa shape index (κ2) is 5.77. The molecule has 1 saturated heterocycles. The first-order valence-electron chi connectivity index (χ1n) is 7.07. The van der Waals surface area contributed by atoms with E-state index in [2.05, 4.69) is 4.98 Å². The number of ether oxygens (including phenoxy) is 2. The van der Waals surface area contributed by atoms with Crippen LogP contribution in [0.1, 0.15) is 40.7 Å². The molecule has 4 heteroatoms. The predicted molar refractivity (Wildman–Crippen MR) is 76.8 cm³/mol. The molecule has 0 aliphatic carbocycles. The monoisotopic (exact) mass is 273 g/mol. The Balaban J connectivity index is 1.87. The Morgan fingerprint density at radius 1 is 1.50 bits per heavy atom. The average Bonchev–Trinajstić information content (AvgIpc) is 2.97. The Kier molecular flexibility index (Phi) is 3.85. The van der Waals surface area contributed by atoms with Gasteiger partial charge in [-0.2, -0.15) is 0 Å². The lowest BCUT2D eigenvalue weighted by atomic mass is 10.0. The minimum Gasteiger partial charge on any atom is -0.361 e. The number of hydrogen-bond donors (Lipinski definition) is 1. The number of aryl methyl sites for hydroxylation is 1. The lowest BCUT2D eigenvalue weighted by Crippen LogP contribution is -2.22. The predicted octanol–water partition coefficient (Wildman–Crippen LogP) is 3.33. The fraction of sp³-hybridized carbons (Fsp3) is 0.438. The first kappa shape index (κ1) is 13.3. The normalized spacial score (nSPS) is 19.4. The molecule has 0 bridgehead atoms. The average molecular weight is 273 g/mol. The Morgan fingerprint density at radius 3 is 3.15 bits per heavy atom. The van der Waals surface area contributed by atoms with Crippen molar-refractivity contribution in [3.05, 3.63) is 35.0 Å². The molecule has 0 radical (unpaired) electrons. The molecular formula is C16H19NO3. The molecule has 0 spiro atoms. The summed E-state index contributed by atoms with van der Waals surface area (Å²) >= 11 is 0. The van der Waals surface area contributed by atoms with Gasteiger partial charge < -0.3 is 14.5 Å². The smallest absolute Gasteiger partial charge is 0.158 e. The van der Waals surface area contributed by atoms with Crippen LogP contribution >= 0.6 is 0 Å². The van der Waals surface area contributed by atoms with Crippen molar-refractivity contribution in [2.24, 2.45) is 0 Å². The van der Waals surface area contributed by atoms with Gasteiger partial charge in [0.2, 0.25) is 0 Å². The zero-order valence-corrected chi connectivity index (χ0v) is 11.6. The molecule has 4 nitrogen and oxygen atoms in total. The SMILES string of the molecule is Cc1cc(C=O)c(COC2CCCCO2)c2cc[nH]c12. The van der Waals surface area contributed by atoms with Crippen LogP contribution in [0, 0.1) is 6.92 Å². The molecule has 1 aromatic carbocycles. The van der Waals surface area contributed by atoms with Gasteiger partial charge in [0.05, 0.1) is 6.61 Å². The largest absolute Gasteiger partial charge is 0.361 e. The molecule has 1 aliphatic heterocycles. The number of fused-ring (bicyclic) bond motifs is 1. The summed E-state index contributed by atoms with van der Waals surface area (Å²) in [5.41, 5.74) is 3.78. The zero-order chi connectivity index (χ0) is 13.9. The molecule has 1 atom stereocenters. The molecule has 0 amide bonds. The summed E-state index contributed by atoms with van der Waals surface area (Å²) in [6.07, 6.45) is 5.83. The van der Waals surface area contributed by atoms with Crippen LogP contribution in [0.5, 0.6) is 0 Å². The molecule has 106 valence electrons. The van der Waals surface area contributed by atoms with Gasteiger partial charge in [0, 0.05) is 29.3 Å². The van der Waals surface area contributed by atoms with Gasteiger partial charge >= 0.3 is 0 Å². The summed E-state index contributed by atoms with van der Waals surface area (Å²) in [4.78, 5) is 14.5. The topological polar surface area (TPSA) is 51.3 Å². The highest BCUT2D eigenvalue weighted by molar-refractivity contribution is 5.93. The molecule has 2 aromatic rings. The van der Waals surface area contributed by atoms with Gasteiger partial charge in [-0.25, -0.2) is 0 Å². The van der Waals surface area contributed by atoms with Crippen LogP contribution in [-0.2, 0) is 16.1 Å². The van der Waals surface area contributed by atoms with E-state index in [1.165, 1.54) is 0 Å². The number of carbonyl (C=O) groups is 1. The van der Waals surface area contributed by atoms with Gasteiger partial charge in [-0.15, -0.1) is 0 Å². The Labute approximate surface area is 118 Å². The van der Waals surface area contributed by atoms with Crippen molar-refractivity contribution in [1.29, 1.82) is 0 Å². The quantitative estimate of drug-likeness (QED) is 0.869. The summed E-state index contributed by atoms with van der Waals surface area (Å²) < 4.78 is 11.4. The van der Waals surface area contributed by atoms with Crippen molar-refractivity contribution in [3.63, 3.8) is 0 Å². The lowest BCUT2D eigenvalue weighted by Gasteiger charge is -2.23. The van der Waals surface area contributed by atoms with Crippen molar-refractivity contribution in [3.8, 4) is 0 Å². The number of benzene rings is 1. The first-order valence-corrected chi connectivity index (χ1v) is 7.07. The number of aromatic amines is 1. The second-order valence-corrected chi connectivity index (χ2v) is 5.25. The summed E-state index contributed by atoms with van der Waals surface area (Å²) in [6, 6.07) is 3.90. The standard InChI is InChI=1S/C16H19NO3/c1-11-8-12(9-18)14(13-5-6-17-16(11)13)10-20-15-4-2-3-7-19-15/h5-6,8-9,15,17H,2-4,7,10H2,1H3. The fourth-order valence-electron chi connectivity index (χ4n) is 2.78. The van der Waals surface area contributed by atoms with Crippen LogP contribution < -0.4 is 0 Å². The van der Waals surface area contributed by atoms with E-state index in [-0.39, 0.29) is 6.29 Å². The Morgan fingerprint density at radius 2 is 2.40 bits per heavy atom. The highest BCUT2D eigenvalue weighted by Crippen LogP contribution is 2.26. The molecule has 1 aromatic heterocycles. The number of carbonyl (C=O) groups excluding carboxylic acids is 1. The van der Waals surface area contributed by atoms with Crippen molar-refractivity contribution < 1.29 is 14.3 Å². The zero-order valence-electron chi connectivity index (χ0n) is 11.6. The number of hydrogen-bond acceptors (Lipinski definition) is 3. The summed E-state index contributed by atoms with van der Waals surface area (Å²) in [7, 11) is 0. The maximum absolute atomic E-state index is 11.3. The van der Waals surface area contributed by atoms with Gasteiger partial charge in [-0.1, -0.05) is 0 Å². The summed E-state index contributed by atoms with van der Waals surface area (Å²) in [6.45, 7) is 3.17. The molecule has 1 N–H and O–H groups in total. The van der Waals surface area contributed by atoms with Crippen LogP contribution in [0.2, 0.25) is 0 Å².